The number of benzene rings is 1. The Hall–Kier alpha value is -4.34. The second kappa shape index (κ2) is 8.89. The van der Waals surface area contributed by atoms with Crippen molar-refractivity contribution >= 4 is 22.6 Å². The molecule has 0 unspecified atom stereocenters. The van der Waals surface area contributed by atoms with Gasteiger partial charge in [-0.25, -0.2) is 14.4 Å². The Morgan fingerprint density at radius 3 is 2.79 bits per heavy atom. The van der Waals surface area contributed by atoms with E-state index in [2.05, 4.69) is 25.5 Å². The maximum absolute atomic E-state index is 14.8. The fourth-order valence-electron chi connectivity index (χ4n) is 3.84. The number of aryl methyl sites for hydroxylation is 2. The molecule has 0 spiro atoms. The Kier molecular flexibility index (Phi) is 5.62. The van der Waals surface area contributed by atoms with Crippen LogP contribution >= 0.6 is 0 Å². The van der Waals surface area contributed by atoms with Crippen molar-refractivity contribution in [3.05, 3.63) is 79.0 Å². The molecule has 1 aromatic carbocycles. The van der Waals surface area contributed by atoms with Crippen LogP contribution in [0.3, 0.4) is 0 Å². The summed E-state index contributed by atoms with van der Waals surface area (Å²) in [5, 5.41) is 11.5. The Balaban J connectivity index is 1.39. The third-order valence-corrected chi connectivity index (χ3v) is 5.61. The predicted octanol–water partition coefficient (Wildman–Crippen LogP) is 4.16. The van der Waals surface area contributed by atoms with Gasteiger partial charge in [-0.2, -0.15) is 0 Å². The van der Waals surface area contributed by atoms with E-state index < -0.39 is 11.7 Å². The molecule has 5 rings (SSSR count). The van der Waals surface area contributed by atoms with Gasteiger partial charge in [-0.3, -0.25) is 4.79 Å². The van der Waals surface area contributed by atoms with Gasteiger partial charge in [0.15, 0.2) is 5.82 Å². The van der Waals surface area contributed by atoms with Crippen LogP contribution in [0.1, 0.15) is 30.2 Å². The zero-order chi connectivity index (χ0) is 23.7. The van der Waals surface area contributed by atoms with E-state index in [4.69, 9.17) is 0 Å². The highest BCUT2D eigenvalue weighted by Gasteiger charge is 2.17. The number of nitrogens with zero attached hydrogens (tertiary/aromatic N) is 7. The second-order valence-electron chi connectivity index (χ2n) is 8.22. The molecule has 4 heterocycles. The minimum Gasteiger partial charge on any atom is -0.346 e. The quantitative estimate of drug-likeness (QED) is 0.395. The summed E-state index contributed by atoms with van der Waals surface area (Å²) in [6.45, 7) is 5.40. The van der Waals surface area contributed by atoms with Crippen LogP contribution in [-0.2, 0) is 13.1 Å². The molecule has 0 aliphatic carbocycles. The van der Waals surface area contributed by atoms with E-state index >= 15 is 0 Å². The van der Waals surface area contributed by atoms with Crippen molar-refractivity contribution in [3.8, 4) is 11.5 Å². The fraction of sp³-hybridized carbons (Fsp3) is 0.208. The van der Waals surface area contributed by atoms with Crippen LogP contribution in [0.4, 0.5) is 10.2 Å². The van der Waals surface area contributed by atoms with Crippen LogP contribution in [-0.4, -0.2) is 39.8 Å². The maximum Gasteiger partial charge on any atom is 0.259 e. The molecule has 0 aliphatic heterocycles. The first kappa shape index (κ1) is 21.5. The van der Waals surface area contributed by atoms with Crippen LogP contribution < -0.4 is 5.32 Å². The van der Waals surface area contributed by atoms with E-state index in [1.165, 1.54) is 6.07 Å². The molecule has 1 amide bonds. The topological polar surface area (TPSA) is 95.5 Å². The molecule has 0 saturated heterocycles. The number of hydrogen-bond donors (Lipinski definition) is 1. The SMILES string of the molecule is CC(C)n1cnnc1-c1cccc(NC(=O)c2cc3c(ccn3CCn3ccnc3)cc2F)n1. The summed E-state index contributed by atoms with van der Waals surface area (Å²) in [4.78, 5) is 21.5. The highest BCUT2D eigenvalue weighted by atomic mass is 19.1. The van der Waals surface area contributed by atoms with E-state index in [0.717, 1.165) is 10.9 Å². The largest absolute Gasteiger partial charge is 0.346 e. The Morgan fingerprint density at radius 1 is 1.12 bits per heavy atom. The first-order chi connectivity index (χ1) is 16.5. The van der Waals surface area contributed by atoms with E-state index in [9.17, 15) is 9.18 Å². The van der Waals surface area contributed by atoms with Gasteiger partial charge in [0.05, 0.1) is 11.9 Å². The van der Waals surface area contributed by atoms with E-state index in [-0.39, 0.29) is 11.6 Å². The van der Waals surface area contributed by atoms with Crippen LogP contribution in [0.25, 0.3) is 22.4 Å². The van der Waals surface area contributed by atoms with Crippen molar-refractivity contribution in [1.82, 2.24) is 33.9 Å². The minimum atomic E-state index is -0.590. The fourth-order valence-corrected chi connectivity index (χ4v) is 3.84. The number of imidazole rings is 1. The minimum absolute atomic E-state index is 0.0485. The van der Waals surface area contributed by atoms with Crippen molar-refractivity contribution in [1.29, 1.82) is 0 Å². The lowest BCUT2D eigenvalue weighted by Gasteiger charge is -2.11. The highest BCUT2D eigenvalue weighted by Crippen LogP contribution is 2.23. The lowest BCUT2D eigenvalue weighted by molar-refractivity contribution is 0.102. The van der Waals surface area contributed by atoms with Gasteiger partial charge >= 0.3 is 0 Å². The molecule has 0 bridgehead atoms. The molecule has 172 valence electrons. The second-order valence-corrected chi connectivity index (χ2v) is 8.22. The van der Waals surface area contributed by atoms with Crippen LogP contribution in [0, 0.1) is 5.82 Å². The number of rotatable bonds is 7. The van der Waals surface area contributed by atoms with Gasteiger partial charge in [-0.15, -0.1) is 10.2 Å². The van der Waals surface area contributed by atoms with Gasteiger partial charge in [-0.05, 0) is 44.2 Å². The van der Waals surface area contributed by atoms with Gasteiger partial charge in [0.1, 0.15) is 23.7 Å². The molecular weight excluding hydrogens is 435 g/mol. The zero-order valence-corrected chi connectivity index (χ0v) is 18.8. The number of carbonyl (C=O) groups is 1. The van der Waals surface area contributed by atoms with Crippen molar-refractivity contribution < 1.29 is 9.18 Å². The predicted molar refractivity (Wildman–Crippen MR) is 126 cm³/mol. The normalized spacial score (nSPS) is 11.4. The van der Waals surface area contributed by atoms with E-state index in [1.54, 1.807) is 43.1 Å². The first-order valence-electron chi connectivity index (χ1n) is 10.9. The summed E-state index contributed by atoms with van der Waals surface area (Å²) in [6.07, 6.45) is 8.88. The molecule has 34 heavy (non-hydrogen) atoms. The average molecular weight is 459 g/mol. The Labute approximate surface area is 194 Å². The van der Waals surface area contributed by atoms with Gasteiger partial charge in [0.2, 0.25) is 0 Å². The monoisotopic (exact) mass is 458 g/mol. The number of halogens is 1. The number of nitrogens with one attached hydrogen (secondary N) is 1. The number of hydrogen-bond acceptors (Lipinski definition) is 5. The number of aromatic nitrogens is 7. The molecule has 1 N–H and O–H groups in total. The van der Waals surface area contributed by atoms with Crippen LogP contribution in [0.5, 0.6) is 0 Å². The lowest BCUT2D eigenvalue weighted by atomic mass is 10.1. The van der Waals surface area contributed by atoms with E-state index in [0.29, 0.717) is 30.4 Å². The molecule has 0 aliphatic rings. The third-order valence-electron chi connectivity index (χ3n) is 5.61. The zero-order valence-electron chi connectivity index (χ0n) is 18.8. The number of pyridine rings is 1. The van der Waals surface area contributed by atoms with Crippen molar-refractivity contribution in [2.24, 2.45) is 0 Å². The summed E-state index contributed by atoms with van der Waals surface area (Å²) in [5.74, 6) is -0.269. The van der Waals surface area contributed by atoms with Gasteiger partial charge in [0.25, 0.3) is 5.91 Å². The molecular formula is C24H23FN8O. The molecule has 0 saturated carbocycles. The lowest BCUT2D eigenvalue weighted by Crippen LogP contribution is -2.15. The van der Waals surface area contributed by atoms with Gasteiger partial charge in [0, 0.05) is 48.6 Å². The van der Waals surface area contributed by atoms with Crippen LogP contribution in [0.2, 0.25) is 0 Å². The molecule has 10 heteroatoms. The number of carbonyl (C=O) groups excluding carboxylic acids is 1. The average Bonchev–Trinajstić information content (AvgIpc) is 3.58. The summed E-state index contributed by atoms with van der Waals surface area (Å²) < 4.78 is 20.6. The third kappa shape index (κ3) is 4.17. The molecule has 0 fully saturated rings. The van der Waals surface area contributed by atoms with Gasteiger partial charge in [-0.1, -0.05) is 6.07 Å². The summed E-state index contributed by atoms with van der Waals surface area (Å²) >= 11 is 0. The molecule has 0 atom stereocenters. The number of amides is 1. The Morgan fingerprint density at radius 2 is 2.00 bits per heavy atom. The Bertz CT molecular complexity index is 1450. The summed E-state index contributed by atoms with van der Waals surface area (Å²) in [5.41, 5.74) is 1.29. The van der Waals surface area contributed by atoms with Gasteiger partial charge < -0.3 is 19.0 Å². The summed E-state index contributed by atoms with van der Waals surface area (Å²) in [6, 6.07) is 10.2. The molecule has 9 nitrogen and oxygen atoms in total. The number of anilines is 1. The molecule has 0 radical (unpaired) electrons. The standard InChI is InChI=1S/C24H23FN8O/c1-16(2)33-15-27-30-23(33)20-4-3-5-22(28-20)29-24(34)18-13-21-17(12-19(18)25)6-8-32(21)11-10-31-9-7-26-14-31/h3-9,12-16H,10-11H2,1-2H3,(H,28,29,34). The first-order valence-corrected chi connectivity index (χ1v) is 10.9. The highest BCUT2D eigenvalue weighted by molar-refractivity contribution is 6.06. The van der Waals surface area contributed by atoms with Crippen LogP contribution in [0.15, 0.2) is 67.6 Å². The van der Waals surface area contributed by atoms with Crippen molar-refractivity contribution in [2.45, 2.75) is 33.0 Å². The summed E-state index contributed by atoms with van der Waals surface area (Å²) in [7, 11) is 0. The number of fused-ring (bicyclic) bond motifs is 1. The molecule has 5 aromatic rings. The van der Waals surface area contributed by atoms with Crippen molar-refractivity contribution in [3.63, 3.8) is 0 Å². The maximum atomic E-state index is 14.8. The van der Waals surface area contributed by atoms with Crippen molar-refractivity contribution in [2.75, 3.05) is 5.32 Å². The van der Waals surface area contributed by atoms with E-state index in [1.807, 2.05) is 46.0 Å². The molecule has 4 aromatic heterocycles. The smallest absolute Gasteiger partial charge is 0.259 e.